The van der Waals surface area contributed by atoms with Gasteiger partial charge in [-0.2, -0.15) is 0 Å². The number of carbonyl (C=O) groups is 1. The molecule has 138 valence electrons. The quantitative estimate of drug-likeness (QED) is 0.897. The van der Waals surface area contributed by atoms with Gasteiger partial charge in [0.2, 0.25) is 0 Å². The average Bonchev–Trinajstić information content (AvgIpc) is 2.68. The Kier molecular flexibility index (Phi) is 5.91. The second kappa shape index (κ2) is 8.34. The molecule has 2 aromatic carbocycles. The lowest BCUT2D eigenvalue weighted by Gasteiger charge is -2.33. The molecular formula is C21H26N2O3. The summed E-state index contributed by atoms with van der Waals surface area (Å²) < 4.78 is 10.9. The van der Waals surface area contributed by atoms with Gasteiger partial charge in [-0.25, -0.2) is 0 Å². The van der Waals surface area contributed by atoms with Crippen LogP contribution < -0.4 is 10.5 Å². The van der Waals surface area contributed by atoms with Crippen LogP contribution in [-0.4, -0.2) is 50.3 Å². The Morgan fingerprint density at radius 1 is 1.27 bits per heavy atom. The zero-order chi connectivity index (χ0) is 18.5. The summed E-state index contributed by atoms with van der Waals surface area (Å²) in [5.74, 6) is 0.894. The number of hydrogen-bond donors (Lipinski definition) is 1. The van der Waals surface area contributed by atoms with Gasteiger partial charge in [0.1, 0.15) is 5.75 Å². The fraction of sp³-hybridized carbons (Fsp3) is 0.381. The van der Waals surface area contributed by atoms with Crippen LogP contribution in [0.4, 0.5) is 0 Å². The molecule has 1 heterocycles. The van der Waals surface area contributed by atoms with Gasteiger partial charge in [0.15, 0.2) is 0 Å². The van der Waals surface area contributed by atoms with Crippen molar-refractivity contribution in [1.29, 1.82) is 0 Å². The maximum atomic E-state index is 12.8. The van der Waals surface area contributed by atoms with Crippen LogP contribution >= 0.6 is 0 Å². The zero-order valence-corrected chi connectivity index (χ0v) is 15.4. The number of nitrogens with zero attached hydrogens (tertiary/aromatic N) is 1. The van der Waals surface area contributed by atoms with E-state index < -0.39 is 0 Å². The van der Waals surface area contributed by atoms with Gasteiger partial charge in [0, 0.05) is 18.7 Å². The first-order valence-electron chi connectivity index (χ1n) is 8.98. The van der Waals surface area contributed by atoms with Crippen molar-refractivity contribution in [3.63, 3.8) is 0 Å². The molecule has 1 atom stereocenters. The number of amides is 1. The molecule has 0 unspecified atom stereocenters. The number of nitrogens with two attached hydrogens (primary N) is 1. The van der Waals surface area contributed by atoms with E-state index in [9.17, 15) is 4.79 Å². The highest BCUT2D eigenvalue weighted by Gasteiger charge is 2.24. The van der Waals surface area contributed by atoms with Gasteiger partial charge in [-0.1, -0.05) is 18.2 Å². The van der Waals surface area contributed by atoms with Gasteiger partial charge in [-0.15, -0.1) is 0 Å². The second-order valence-electron chi connectivity index (χ2n) is 6.58. The van der Waals surface area contributed by atoms with Crippen LogP contribution in [0.25, 0.3) is 11.1 Å². The molecule has 26 heavy (non-hydrogen) atoms. The second-order valence-corrected chi connectivity index (χ2v) is 6.58. The maximum Gasteiger partial charge on any atom is 0.254 e. The van der Waals surface area contributed by atoms with Crippen molar-refractivity contribution in [3.05, 3.63) is 53.6 Å². The molecule has 0 aliphatic carbocycles. The molecule has 1 fully saturated rings. The van der Waals surface area contributed by atoms with Crippen LogP contribution in [0.3, 0.4) is 0 Å². The molecule has 0 aromatic heterocycles. The number of carbonyl (C=O) groups excluding carboxylic acids is 1. The lowest BCUT2D eigenvalue weighted by molar-refractivity contribution is -0.0236. The highest BCUT2D eigenvalue weighted by atomic mass is 16.5. The molecule has 0 spiro atoms. The normalized spacial score (nSPS) is 17.2. The summed E-state index contributed by atoms with van der Waals surface area (Å²) in [4.78, 5) is 14.6. The molecule has 1 aliphatic rings. The molecule has 0 bridgehead atoms. The minimum absolute atomic E-state index is 0.0407. The smallest absolute Gasteiger partial charge is 0.254 e. The van der Waals surface area contributed by atoms with E-state index in [1.165, 1.54) is 0 Å². The number of methoxy groups -OCH3 is 1. The van der Waals surface area contributed by atoms with Crippen molar-refractivity contribution in [3.8, 4) is 16.9 Å². The Hall–Kier alpha value is -2.37. The van der Waals surface area contributed by atoms with Gasteiger partial charge in [0.25, 0.3) is 5.91 Å². The summed E-state index contributed by atoms with van der Waals surface area (Å²) in [6, 6.07) is 13.8. The summed E-state index contributed by atoms with van der Waals surface area (Å²) >= 11 is 0. The van der Waals surface area contributed by atoms with Crippen LogP contribution in [0.5, 0.6) is 5.75 Å². The first kappa shape index (κ1) is 18.4. The fourth-order valence-electron chi connectivity index (χ4n) is 3.33. The maximum absolute atomic E-state index is 12.8. The third-order valence-electron chi connectivity index (χ3n) is 4.79. The van der Waals surface area contributed by atoms with E-state index in [-0.39, 0.29) is 12.0 Å². The molecule has 0 saturated carbocycles. The van der Waals surface area contributed by atoms with Gasteiger partial charge in [0.05, 0.1) is 19.8 Å². The summed E-state index contributed by atoms with van der Waals surface area (Å²) in [6.45, 7) is 4.43. The van der Waals surface area contributed by atoms with Gasteiger partial charge in [-0.05, 0) is 60.8 Å². The predicted octanol–water partition coefficient (Wildman–Crippen LogP) is 2.86. The molecule has 1 aliphatic heterocycles. The molecule has 3 rings (SSSR count). The van der Waals surface area contributed by atoms with Crippen molar-refractivity contribution in [2.24, 2.45) is 5.73 Å². The third-order valence-corrected chi connectivity index (χ3v) is 4.79. The highest BCUT2D eigenvalue weighted by Crippen LogP contribution is 2.27. The summed E-state index contributed by atoms with van der Waals surface area (Å²) in [7, 11) is 1.67. The summed E-state index contributed by atoms with van der Waals surface area (Å²) in [5, 5.41) is 0. The molecule has 1 saturated heterocycles. The van der Waals surface area contributed by atoms with E-state index in [1.807, 2.05) is 47.4 Å². The van der Waals surface area contributed by atoms with Crippen LogP contribution in [0.1, 0.15) is 22.3 Å². The van der Waals surface area contributed by atoms with E-state index in [0.717, 1.165) is 28.9 Å². The Morgan fingerprint density at radius 2 is 2.04 bits per heavy atom. The van der Waals surface area contributed by atoms with Crippen LogP contribution in [-0.2, 0) is 4.74 Å². The Morgan fingerprint density at radius 3 is 2.69 bits per heavy atom. The SMILES string of the molecule is COc1ccc(-c2ccc(C(=O)N3CCO[C@H](CCN)C3)cc2)c(C)c1. The lowest BCUT2D eigenvalue weighted by Crippen LogP contribution is -2.46. The van der Waals surface area contributed by atoms with Crippen molar-refractivity contribution < 1.29 is 14.3 Å². The first-order chi connectivity index (χ1) is 12.6. The van der Waals surface area contributed by atoms with E-state index >= 15 is 0 Å². The van der Waals surface area contributed by atoms with E-state index in [2.05, 4.69) is 6.92 Å². The fourth-order valence-corrected chi connectivity index (χ4v) is 3.33. The molecule has 2 aromatic rings. The van der Waals surface area contributed by atoms with E-state index in [1.54, 1.807) is 7.11 Å². The highest BCUT2D eigenvalue weighted by molar-refractivity contribution is 5.94. The zero-order valence-electron chi connectivity index (χ0n) is 15.4. The van der Waals surface area contributed by atoms with Crippen molar-refractivity contribution >= 4 is 5.91 Å². The number of benzene rings is 2. The molecular weight excluding hydrogens is 328 g/mol. The van der Waals surface area contributed by atoms with Gasteiger partial charge >= 0.3 is 0 Å². The van der Waals surface area contributed by atoms with Crippen molar-refractivity contribution in [2.45, 2.75) is 19.4 Å². The third kappa shape index (κ3) is 4.06. The topological polar surface area (TPSA) is 64.8 Å². The molecule has 1 amide bonds. The molecule has 5 nitrogen and oxygen atoms in total. The number of hydrogen-bond acceptors (Lipinski definition) is 4. The largest absolute Gasteiger partial charge is 0.497 e. The number of ether oxygens (including phenoxy) is 2. The Bertz CT molecular complexity index is 756. The molecule has 0 radical (unpaired) electrons. The Labute approximate surface area is 154 Å². The van der Waals surface area contributed by atoms with E-state index in [4.69, 9.17) is 15.2 Å². The van der Waals surface area contributed by atoms with Crippen LogP contribution in [0, 0.1) is 6.92 Å². The summed E-state index contributed by atoms with van der Waals surface area (Å²) in [6.07, 6.45) is 0.818. The number of rotatable bonds is 5. The van der Waals surface area contributed by atoms with Crippen LogP contribution in [0.15, 0.2) is 42.5 Å². The standard InChI is InChI=1S/C21H26N2O3/c1-15-13-18(25-2)7-8-20(15)16-3-5-17(6-4-16)21(24)23-11-12-26-19(14-23)9-10-22/h3-8,13,19H,9-12,14,22H2,1-2H3/t19-/m1/s1. The minimum Gasteiger partial charge on any atom is -0.497 e. The number of aryl methyl sites for hydroxylation is 1. The van der Waals surface area contributed by atoms with E-state index in [0.29, 0.717) is 31.8 Å². The first-order valence-corrected chi connectivity index (χ1v) is 8.98. The average molecular weight is 354 g/mol. The molecule has 5 heteroatoms. The molecule has 2 N–H and O–H groups in total. The number of morpholine rings is 1. The van der Waals surface area contributed by atoms with Crippen LogP contribution in [0.2, 0.25) is 0 Å². The summed E-state index contributed by atoms with van der Waals surface area (Å²) in [5.41, 5.74) is 9.67. The minimum atomic E-state index is 0.0407. The Balaban J connectivity index is 1.74. The lowest BCUT2D eigenvalue weighted by atomic mass is 9.99. The van der Waals surface area contributed by atoms with Crippen molar-refractivity contribution in [2.75, 3.05) is 33.4 Å². The predicted molar refractivity (Wildman–Crippen MR) is 102 cm³/mol. The monoisotopic (exact) mass is 354 g/mol. The van der Waals surface area contributed by atoms with Crippen molar-refractivity contribution in [1.82, 2.24) is 4.90 Å². The van der Waals surface area contributed by atoms with Gasteiger partial charge < -0.3 is 20.1 Å². The van der Waals surface area contributed by atoms with Gasteiger partial charge in [-0.3, -0.25) is 4.79 Å².